The van der Waals surface area contributed by atoms with Gasteiger partial charge < -0.3 is 19.5 Å². The molecule has 134 valence electrons. The number of carbonyl (C=O) groups excluding carboxylic acids is 1. The number of aryl methyl sites for hydroxylation is 1. The van der Waals surface area contributed by atoms with Gasteiger partial charge in [0.1, 0.15) is 0 Å². The predicted octanol–water partition coefficient (Wildman–Crippen LogP) is 1.92. The molecular formula is C17H23N5O3. The maximum absolute atomic E-state index is 12.2. The lowest BCUT2D eigenvalue weighted by atomic mass is 10.1. The van der Waals surface area contributed by atoms with E-state index >= 15 is 0 Å². The van der Waals surface area contributed by atoms with Crippen LogP contribution in [0.25, 0.3) is 0 Å². The summed E-state index contributed by atoms with van der Waals surface area (Å²) in [6.45, 7) is 4.05. The van der Waals surface area contributed by atoms with Crippen LogP contribution in [-0.4, -0.2) is 45.2 Å². The first-order chi connectivity index (χ1) is 12.2. The van der Waals surface area contributed by atoms with Gasteiger partial charge in [-0.15, -0.1) is 0 Å². The molecule has 8 nitrogen and oxygen atoms in total. The standard InChI is InChI=1S/C17H23N5O3/c1-2-15-20-16(25-21-15)11-19-17(23)22-9-6-14(7-10-22)24-12-13-5-3-4-8-18-13/h3-5,8,14H,2,6-7,9-12H2,1H3,(H,19,23). The Morgan fingerprint density at radius 3 is 2.92 bits per heavy atom. The largest absolute Gasteiger partial charge is 0.372 e. The lowest BCUT2D eigenvalue weighted by molar-refractivity contribution is 0.00301. The highest BCUT2D eigenvalue weighted by molar-refractivity contribution is 5.74. The molecule has 3 heterocycles. The van der Waals surface area contributed by atoms with Gasteiger partial charge in [-0.25, -0.2) is 4.79 Å². The molecule has 2 aromatic rings. The number of nitrogens with one attached hydrogen (secondary N) is 1. The third kappa shape index (κ3) is 4.99. The maximum Gasteiger partial charge on any atom is 0.317 e. The lowest BCUT2D eigenvalue weighted by Crippen LogP contribution is -2.45. The Labute approximate surface area is 146 Å². The summed E-state index contributed by atoms with van der Waals surface area (Å²) < 4.78 is 11.0. The molecule has 0 bridgehead atoms. The molecule has 8 heteroatoms. The molecule has 0 radical (unpaired) electrons. The van der Waals surface area contributed by atoms with Crippen molar-refractivity contribution in [1.29, 1.82) is 0 Å². The van der Waals surface area contributed by atoms with Gasteiger partial charge in [-0.3, -0.25) is 4.98 Å². The molecule has 0 saturated carbocycles. The fraction of sp³-hybridized carbons (Fsp3) is 0.529. The Hall–Kier alpha value is -2.48. The van der Waals surface area contributed by atoms with Gasteiger partial charge in [-0.1, -0.05) is 18.1 Å². The second kappa shape index (κ2) is 8.57. The van der Waals surface area contributed by atoms with Gasteiger partial charge in [-0.05, 0) is 25.0 Å². The minimum absolute atomic E-state index is 0.112. The van der Waals surface area contributed by atoms with Crippen molar-refractivity contribution in [2.45, 2.75) is 45.4 Å². The third-order valence-electron chi connectivity index (χ3n) is 4.14. The highest BCUT2D eigenvalue weighted by Gasteiger charge is 2.23. The van der Waals surface area contributed by atoms with Crippen LogP contribution >= 0.6 is 0 Å². The van der Waals surface area contributed by atoms with Crippen molar-refractivity contribution in [3.05, 3.63) is 41.8 Å². The molecule has 1 fully saturated rings. The monoisotopic (exact) mass is 345 g/mol. The van der Waals surface area contributed by atoms with Crippen LogP contribution < -0.4 is 5.32 Å². The van der Waals surface area contributed by atoms with E-state index in [0.717, 1.165) is 18.5 Å². The zero-order chi connectivity index (χ0) is 17.5. The number of urea groups is 1. The molecule has 0 unspecified atom stereocenters. The Bertz CT molecular complexity index is 668. The van der Waals surface area contributed by atoms with E-state index in [0.29, 0.717) is 37.8 Å². The van der Waals surface area contributed by atoms with Gasteiger partial charge in [0.25, 0.3) is 0 Å². The molecule has 1 N–H and O–H groups in total. The van der Waals surface area contributed by atoms with Crippen LogP contribution in [0.5, 0.6) is 0 Å². The molecule has 0 aromatic carbocycles. The molecular weight excluding hydrogens is 322 g/mol. The normalized spacial score (nSPS) is 15.3. The Balaban J connectivity index is 1.37. The molecule has 25 heavy (non-hydrogen) atoms. The van der Waals surface area contributed by atoms with Crippen molar-refractivity contribution in [3.8, 4) is 0 Å². The molecule has 1 saturated heterocycles. The van der Waals surface area contributed by atoms with Crippen LogP contribution in [0.15, 0.2) is 28.9 Å². The molecule has 0 spiro atoms. The van der Waals surface area contributed by atoms with Crippen LogP contribution in [0.4, 0.5) is 4.79 Å². The van der Waals surface area contributed by atoms with E-state index in [9.17, 15) is 4.79 Å². The van der Waals surface area contributed by atoms with Gasteiger partial charge in [-0.2, -0.15) is 4.98 Å². The van der Waals surface area contributed by atoms with E-state index in [1.807, 2.05) is 25.1 Å². The Morgan fingerprint density at radius 2 is 2.24 bits per heavy atom. The highest BCUT2D eigenvalue weighted by Crippen LogP contribution is 2.15. The highest BCUT2D eigenvalue weighted by atomic mass is 16.5. The van der Waals surface area contributed by atoms with Crippen LogP contribution in [0.1, 0.15) is 37.2 Å². The summed E-state index contributed by atoms with van der Waals surface area (Å²) in [5.74, 6) is 1.08. The number of likely N-dealkylation sites (tertiary alicyclic amines) is 1. The van der Waals surface area contributed by atoms with Crippen LogP contribution in [0.3, 0.4) is 0 Å². The minimum atomic E-state index is -0.112. The quantitative estimate of drug-likeness (QED) is 0.860. The molecule has 2 aromatic heterocycles. The summed E-state index contributed by atoms with van der Waals surface area (Å²) in [6.07, 6.45) is 4.28. The number of nitrogens with zero attached hydrogens (tertiary/aromatic N) is 4. The molecule has 0 aliphatic carbocycles. The number of carbonyl (C=O) groups is 1. The minimum Gasteiger partial charge on any atom is -0.372 e. The second-order valence-electron chi connectivity index (χ2n) is 5.94. The number of aromatic nitrogens is 3. The Morgan fingerprint density at radius 1 is 1.40 bits per heavy atom. The summed E-state index contributed by atoms with van der Waals surface area (Å²) in [7, 11) is 0. The van der Waals surface area contributed by atoms with E-state index in [-0.39, 0.29) is 18.7 Å². The predicted molar refractivity (Wildman–Crippen MR) is 89.5 cm³/mol. The average Bonchev–Trinajstić information content (AvgIpc) is 3.14. The van der Waals surface area contributed by atoms with E-state index in [4.69, 9.17) is 9.26 Å². The van der Waals surface area contributed by atoms with Crippen molar-refractivity contribution < 1.29 is 14.1 Å². The van der Waals surface area contributed by atoms with Crippen molar-refractivity contribution in [1.82, 2.24) is 25.3 Å². The fourth-order valence-corrected chi connectivity index (χ4v) is 2.68. The third-order valence-corrected chi connectivity index (χ3v) is 4.14. The molecule has 1 aliphatic heterocycles. The smallest absolute Gasteiger partial charge is 0.317 e. The molecule has 1 aliphatic rings. The lowest BCUT2D eigenvalue weighted by Gasteiger charge is -2.31. The van der Waals surface area contributed by atoms with E-state index in [1.165, 1.54) is 0 Å². The van der Waals surface area contributed by atoms with Crippen molar-refractivity contribution in [3.63, 3.8) is 0 Å². The first-order valence-electron chi connectivity index (χ1n) is 8.60. The number of rotatable bonds is 6. The van der Waals surface area contributed by atoms with Crippen LogP contribution in [0.2, 0.25) is 0 Å². The number of pyridine rings is 1. The van der Waals surface area contributed by atoms with Gasteiger partial charge in [0.05, 0.1) is 24.9 Å². The number of ether oxygens (including phenoxy) is 1. The Kier molecular flexibility index (Phi) is 5.95. The number of hydrogen-bond acceptors (Lipinski definition) is 6. The van der Waals surface area contributed by atoms with Crippen molar-refractivity contribution in [2.24, 2.45) is 0 Å². The van der Waals surface area contributed by atoms with E-state index in [1.54, 1.807) is 11.1 Å². The second-order valence-corrected chi connectivity index (χ2v) is 5.94. The van der Waals surface area contributed by atoms with Gasteiger partial charge >= 0.3 is 6.03 Å². The topological polar surface area (TPSA) is 93.4 Å². The molecule has 0 atom stereocenters. The average molecular weight is 345 g/mol. The van der Waals surface area contributed by atoms with Crippen LogP contribution in [-0.2, 0) is 24.3 Å². The van der Waals surface area contributed by atoms with Crippen molar-refractivity contribution >= 4 is 6.03 Å². The first kappa shape index (κ1) is 17.3. The number of hydrogen-bond donors (Lipinski definition) is 1. The number of piperidine rings is 1. The van der Waals surface area contributed by atoms with Gasteiger partial charge in [0.2, 0.25) is 5.89 Å². The SMILES string of the molecule is CCc1noc(CNC(=O)N2CCC(OCc3ccccn3)CC2)n1. The zero-order valence-corrected chi connectivity index (χ0v) is 14.4. The summed E-state index contributed by atoms with van der Waals surface area (Å²) >= 11 is 0. The summed E-state index contributed by atoms with van der Waals surface area (Å²) in [4.78, 5) is 22.4. The zero-order valence-electron chi connectivity index (χ0n) is 14.4. The van der Waals surface area contributed by atoms with Gasteiger partial charge in [0.15, 0.2) is 5.82 Å². The van der Waals surface area contributed by atoms with Crippen LogP contribution in [0, 0.1) is 0 Å². The summed E-state index contributed by atoms with van der Waals surface area (Å²) in [5, 5.41) is 6.63. The maximum atomic E-state index is 12.2. The van der Waals surface area contributed by atoms with Gasteiger partial charge in [0, 0.05) is 25.7 Å². The van der Waals surface area contributed by atoms with E-state index < -0.39 is 0 Å². The van der Waals surface area contributed by atoms with E-state index in [2.05, 4.69) is 20.4 Å². The summed E-state index contributed by atoms with van der Waals surface area (Å²) in [6, 6.07) is 5.67. The molecule has 2 amide bonds. The number of amides is 2. The fourth-order valence-electron chi connectivity index (χ4n) is 2.68. The molecule has 3 rings (SSSR count). The first-order valence-corrected chi connectivity index (χ1v) is 8.60. The summed E-state index contributed by atoms with van der Waals surface area (Å²) in [5.41, 5.74) is 0.925. The van der Waals surface area contributed by atoms with Crippen molar-refractivity contribution in [2.75, 3.05) is 13.1 Å².